The van der Waals surface area contributed by atoms with E-state index in [1.54, 1.807) is 12.1 Å². The van der Waals surface area contributed by atoms with Crippen molar-refractivity contribution in [3.05, 3.63) is 28.9 Å². The smallest absolute Gasteiger partial charge is 0.339 e. The zero-order valence-electron chi connectivity index (χ0n) is 14.5. The minimum Gasteiger partial charge on any atom is -0.493 e. The van der Waals surface area contributed by atoms with Crippen molar-refractivity contribution in [2.75, 3.05) is 13.2 Å². The van der Waals surface area contributed by atoms with Gasteiger partial charge in [-0.1, -0.05) is 38.3 Å². The number of hydrogen-bond acceptors (Lipinski definition) is 4. The number of aromatic carboxylic acids is 1. The summed E-state index contributed by atoms with van der Waals surface area (Å²) in [6, 6.07) is 3.36. The molecule has 0 aliphatic carbocycles. The quantitative estimate of drug-likeness (QED) is 0.591. The fraction of sp³-hybridized carbons (Fsp3) is 0.444. The fourth-order valence-corrected chi connectivity index (χ4v) is 2.48. The molecule has 1 aromatic carbocycles. The van der Waals surface area contributed by atoms with Crippen LogP contribution in [0.4, 0.5) is 0 Å². The highest BCUT2D eigenvalue weighted by Crippen LogP contribution is 2.39. The van der Waals surface area contributed by atoms with Gasteiger partial charge in [-0.3, -0.25) is 5.10 Å². The second-order valence-electron chi connectivity index (χ2n) is 5.64. The monoisotopic (exact) mass is 366 g/mol. The van der Waals surface area contributed by atoms with Crippen molar-refractivity contribution < 1.29 is 19.4 Å². The molecule has 1 heterocycles. The maximum atomic E-state index is 11.4. The Kier molecular flexibility index (Phi) is 7.13. The Morgan fingerprint density at radius 3 is 2.40 bits per heavy atom. The van der Waals surface area contributed by atoms with Crippen LogP contribution in [0.3, 0.4) is 0 Å². The van der Waals surface area contributed by atoms with Crippen LogP contribution in [0.15, 0.2) is 18.3 Å². The third-order valence-corrected chi connectivity index (χ3v) is 3.97. The molecule has 0 unspecified atom stereocenters. The molecule has 7 heteroatoms. The van der Waals surface area contributed by atoms with Crippen molar-refractivity contribution in [1.29, 1.82) is 0 Å². The van der Waals surface area contributed by atoms with E-state index >= 15 is 0 Å². The molecule has 0 amide bonds. The number of aromatic nitrogens is 2. The summed E-state index contributed by atoms with van der Waals surface area (Å²) >= 11 is 6.32. The van der Waals surface area contributed by atoms with E-state index in [9.17, 15) is 9.90 Å². The molecule has 2 aromatic rings. The number of benzene rings is 1. The molecule has 2 rings (SSSR count). The van der Waals surface area contributed by atoms with Gasteiger partial charge in [0, 0.05) is 17.8 Å². The Bertz CT molecular complexity index is 715. The van der Waals surface area contributed by atoms with Crippen LogP contribution in [-0.2, 0) is 0 Å². The van der Waals surface area contributed by atoms with Gasteiger partial charge in [0.05, 0.1) is 18.2 Å². The van der Waals surface area contributed by atoms with Gasteiger partial charge in [0.2, 0.25) is 0 Å². The van der Waals surface area contributed by atoms with Crippen LogP contribution in [-0.4, -0.2) is 34.5 Å². The first-order valence-electron chi connectivity index (χ1n) is 8.45. The number of carboxylic acid groups (broad SMARTS) is 1. The van der Waals surface area contributed by atoms with Gasteiger partial charge in [-0.25, -0.2) is 4.79 Å². The highest BCUT2D eigenvalue weighted by Gasteiger charge is 2.20. The van der Waals surface area contributed by atoms with Crippen molar-refractivity contribution in [2.45, 2.75) is 39.5 Å². The van der Waals surface area contributed by atoms with E-state index in [4.69, 9.17) is 21.1 Å². The third-order valence-electron chi connectivity index (χ3n) is 3.67. The number of ether oxygens (including phenoxy) is 2. The fourth-order valence-electron chi connectivity index (χ4n) is 2.26. The van der Waals surface area contributed by atoms with E-state index in [-0.39, 0.29) is 5.56 Å². The summed E-state index contributed by atoms with van der Waals surface area (Å²) < 4.78 is 11.6. The van der Waals surface area contributed by atoms with Crippen LogP contribution in [0.2, 0.25) is 5.02 Å². The SMILES string of the molecule is CCCCOc1cc(OCCCC)c(-c2n[nH]cc2C(=O)O)cc1Cl. The Morgan fingerprint density at radius 2 is 1.80 bits per heavy atom. The predicted octanol–water partition coefficient (Wildman–Crippen LogP) is 4.79. The zero-order valence-corrected chi connectivity index (χ0v) is 15.2. The Hall–Kier alpha value is -2.21. The van der Waals surface area contributed by atoms with Crippen LogP contribution < -0.4 is 9.47 Å². The van der Waals surface area contributed by atoms with E-state index in [0.29, 0.717) is 41.0 Å². The minimum absolute atomic E-state index is 0.0658. The summed E-state index contributed by atoms with van der Waals surface area (Å²) in [6.07, 6.45) is 5.16. The Balaban J connectivity index is 2.40. The number of aromatic amines is 1. The maximum absolute atomic E-state index is 11.4. The van der Waals surface area contributed by atoms with Gasteiger partial charge in [-0.2, -0.15) is 5.10 Å². The van der Waals surface area contributed by atoms with Crippen molar-refractivity contribution in [3.8, 4) is 22.8 Å². The van der Waals surface area contributed by atoms with Crippen molar-refractivity contribution in [1.82, 2.24) is 10.2 Å². The van der Waals surface area contributed by atoms with Crippen molar-refractivity contribution in [3.63, 3.8) is 0 Å². The van der Waals surface area contributed by atoms with Crippen LogP contribution >= 0.6 is 11.6 Å². The minimum atomic E-state index is -1.07. The second-order valence-corrected chi connectivity index (χ2v) is 6.04. The molecule has 2 N–H and O–H groups in total. The number of halogens is 1. The second kappa shape index (κ2) is 9.32. The van der Waals surface area contributed by atoms with Gasteiger partial charge in [0.15, 0.2) is 0 Å². The average Bonchev–Trinajstić information content (AvgIpc) is 3.07. The topological polar surface area (TPSA) is 84.4 Å². The highest BCUT2D eigenvalue weighted by atomic mass is 35.5. The lowest BCUT2D eigenvalue weighted by Crippen LogP contribution is -2.03. The number of carbonyl (C=O) groups is 1. The predicted molar refractivity (Wildman–Crippen MR) is 96.8 cm³/mol. The molecular weight excluding hydrogens is 344 g/mol. The maximum Gasteiger partial charge on any atom is 0.339 e. The Morgan fingerprint density at radius 1 is 1.16 bits per heavy atom. The molecule has 0 bridgehead atoms. The normalized spacial score (nSPS) is 10.7. The summed E-state index contributed by atoms with van der Waals surface area (Å²) in [5.74, 6) is -0.0284. The molecule has 0 aliphatic rings. The van der Waals surface area contributed by atoms with Gasteiger partial charge >= 0.3 is 5.97 Å². The van der Waals surface area contributed by atoms with E-state index < -0.39 is 5.97 Å². The van der Waals surface area contributed by atoms with E-state index in [1.807, 2.05) is 0 Å². The molecular formula is C18H23ClN2O4. The Labute approximate surface area is 152 Å². The number of carboxylic acids is 1. The summed E-state index contributed by atoms with van der Waals surface area (Å²) in [6.45, 7) is 5.24. The molecule has 6 nitrogen and oxygen atoms in total. The average molecular weight is 367 g/mol. The molecule has 1 aromatic heterocycles. The molecule has 136 valence electrons. The number of nitrogens with one attached hydrogen (secondary N) is 1. The number of unbranched alkanes of at least 4 members (excludes halogenated alkanes) is 2. The molecule has 0 fully saturated rings. The lowest BCUT2D eigenvalue weighted by atomic mass is 10.1. The number of nitrogens with zero attached hydrogens (tertiary/aromatic N) is 1. The first kappa shape index (κ1) is 19.1. The van der Waals surface area contributed by atoms with Crippen LogP contribution in [0, 0.1) is 0 Å². The van der Waals surface area contributed by atoms with Crippen LogP contribution in [0.1, 0.15) is 49.9 Å². The molecule has 0 saturated carbocycles. The van der Waals surface area contributed by atoms with Crippen molar-refractivity contribution in [2.24, 2.45) is 0 Å². The standard InChI is InChI=1S/C18H23ClN2O4/c1-3-5-7-24-15-10-16(25-8-6-4-2)14(19)9-12(15)17-13(18(22)23)11-20-21-17/h9-11H,3-8H2,1-2H3,(H,20,21)(H,22,23). The molecule has 0 atom stereocenters. The van der Waals surface area contributed by atoms with E-state index in [2.05, 4.69) is 24.0 Å². The zero-order chi connectivity index (χ0) is 18.2. The van der Waals surface area contributed by atoms with E-state index in [1.165, 1.54) is 6.20 Å². The van der Waals surface area contributed by atoms with Gasteiger partial charge in [-0.15, -0.1) is 0 Å². The first-order valence-corrected chi connectivity index (χ1v) is 8.82. The summed E-state index contributed by atoms with van der Waals surface area (Å²) in [4.78, 5) is 11.4. The van der Waals surface area contributed by atoms with Gasteiger partial charge in [0.25, 0.3) is 0 Å². The molecule has 0 radical (unpaired) electrons. The van der Waals surface area contributed by atoms with Gasteiger partial charge in [0.1, 0.15) is 22.8 Å². The number of hydrogen-bond donors (Lipinski definition) is 2. The van der Waals surface area contributed by atoms with Gasteiger partial charge < -0.3 is 14.6 Å². The first-order chi connectivity index (χ1) is 12.1. The summed E-state index contributed by atoms with van der Waals surface area (Å²) in [5.41, 5.74) is 0.889. The van der Waals surface area contributed by atoms with E-state index in [0.717, 1.165) is 25.7 Å². The molecule has 0 saturated heterocycles. The third kappa shape index (κ3) is 4.89. The lowest BCUT2D eigenvalue weighted by molar-refractivity contribution is 0.0698. The highest BCUT2D eigenvalue weighted by molar-refractivity contribution is 6.32. The summed E-state index contributed by atoms with van der Waals surface area (Å²) in [7, 11) is 0. The number of rotatable bonds is 10. The van der Waals surface area contributed by atoms with Crippen molar-refractivity contribution >= 4 is 17.6 Å². The van der Waals surface area contributed by atoms with Crippen LogP contribution in [0.5, 0.6) is 11.5 Å². The lowest BCUT2D eigenvalue weighted by Gasteiger charge is -2.15. The summed E-state index contributed by atoms with van der Waals surface area (Å²) in [5, 5.41) is 16.4. The molecule has 0 aliphatic heterocycles. The van der Waals surface area contributed by atoms with Crippen LogP contribution in [0.25, 0.3) is 11.3 Å². The number of H-pyrrole nitrogens is 1. The molecule has 25 heavy (non-hydrogen) atoms. The molecule has 0 spiro atoms. The van der Waals surface area contributed by atoms with Gasteiger partial charge in [-0.05, 0) is 18.9 Å². The largest absolute Gasteiger partial charge is 0.493 e.